The average molecular weight is 210 g/mol. The van der Waals surface area contributed by atoms with Gasteiger partial charge in [-0.25, -0.2) is 0 Å². The highest BCUT2D eigenvalue weighted by Crippen LogP contribution is 2.30. The Balaban J connectivity index is 1.99. The van der Waals surface area contributed by atoms with E-state index in [-0.39, 0.29) is 5.41 Å². The van der Waals surface area contributed by atoms with Crippen LogP contribution in [0.5, 0.6) is 0 Å². The van der Waals surface area contributed by atoms with E-state index < -0.39 is 11.2 Å². The smallest absolute Gasteiger partial charge is 0.152 e. The second kappa shape index (κ2) is 3.93. The Hall–Kier alpha value is -0.510. The van der Waals surface area contributed by atoms with Gasteiger partial charge in [-0.3, -0.25) is 0 Å². The topological polar surface area (TPSA) is 32.3 Å². The Morgan fingerprint density at radius 1 is 1.36 bits per heavy atom. The van der Waals surface area contributed by atoms with Gasteiger partial charge >= 0.3 is 0 Å². The van der Waals surface area contributed by atoms with Crippen LogP contribution in [0.1, 0.15) is 6.92 Å². The van der Waals surface area contributed by atoms with Gasteiger partial charge in [0.1, 0.15) is 5.75 Å². The maximum Gasteiger partial charge on any atom is 0.152 e. The Morgan fingerprint density at radius 2 is 2.00 bits per heavy atom. The summed E-state index contributed by atoms with van der Waals surface area (Å²) in [6.45, 7) is 3.61. The third-order valence-electron chi connectivity index (χ3n) is 2.39. The van der Waals surface area contributed by atoms with Crippen molar-refractivity contribution in [3.63, 3.8) is 0 Å². The van der Waals surface area contributed by atoms with Gasteiger partial charge in [-0.15, -0.1) is 0 Å². The van der Waals surface area contributed by atoms with Crippen LogP contribution in [-0.2, 0) is 15.9 Å². The molecule has 0 spiro atoms. The number of rotatable bonds is 3. The molecule has 0 bridgehead atoms. The van der Waals surface area contributed by atoms with E-state index in [0.29, 0.717) is 5.75 Å². The summed E-state index contributed by atoms with van der Waals surface area (Å²) in [5.74, 6) is 0.705. The number of hydrogen-bond donors (Lipinski definition) is 0. The van der Waals surface area contributed by atoms with Crippen LogP contribution < -0.4 is 0 Å². The molecule has 0 amide bonds. The quantitative estimate of drug-likeness (QED) is 0.713. The van der Waals surface area contributed by atoms with Gasteiger partial charge in [-0.2, -0.15) is 0 Å². The molecular formula is C11H14O2S. The average Bonchev–Trinajstić information content (AvgIpc) is 2.17. The molecule has 1 aromatic rings. The van der Waals surface area contributed by atoms with Crippen LogP contribution in [-0.4, -0.2) is 23.5 Å². The lowest BCUT2D eigenvalue weighted by atomic mass is 9.92. The normalized spacial score (nSPS) is 21.3. The molecule has 1 aliphatic heterocycles. The molecule has 1 heterocycles. The van der Waals surface area contributed by atoms with Crippen molar-refractivity contribution in [1.82, 2.24) is 0 Å². The van der Waals surface area contributed by atoms with Gasteiger partial charge < -0.3 is 9.29 Å². The predicted molar refractivity (Wildman–Crippen MR) is 56.6 cm³/mol. The van der Waals surface area contributed by atoms with Crippen molar-refractivity contribution in [2.75, 3.05) is 19.0 Å². The van der Waals surface area contributed by atoms with Gasteiger partial charge in [-0.1, -0.05) is 25.1 Å². The second-order valence-corrected chi connectivity index (χ2v) is 5.56. The molecule has 1 aliphatic rings. The van der Waals surface area contributed by atoms with Crippen LogP contribution in [0.25, 0.3) is 0 Å². The van der Waals surface area contributed by atoms with Crippen LogP contribution in [0.3, 0.4) is 0 Å². The summed E-state index contributed by atoms with van der Waals surface area (Å²) >= 11 is -0.881. The molecule has 0 aromatic heterocycles. The molecule has 2 nitrogen and oxygen atoms in total. The highest BCUT2D eigenvalue weighted by Gasteiger charge is 2.38. The maximum atomic E-state index is 11.9. The number of benzene rings is 1. The lowest BCUT2D eigenvalue weighted by molar-refractivity contribution is -0.0870. The van der Waals surface area contributed by atoms with Crippen LogP contribution in [0.4, 0.5) is 0 Å². The molecule has 2 rings (SSSR count). The first-order valence-electron chi connectivity index (χ1n) is 4.71. The third-order valence-corrected chi connectivity index (χ3v) is 4.14. The van der Waals surface area contributed by atoms with E-state index >= 15 is 0 Å². The first-order valence-corrected chi connectivity index (χ1v) is 6.03. The summed E-state index contributed by atoms with van der Waals surface area (Å²) in [4.78, 5) is 0.917. The van der Waals surface area contributed by atoms with Crippen molar-refractivity contribution in [1.29, 1.82) is 0 Å². The zero-order valence-corrected chi connectivity index (χ0v) is 9.05. The molecular weight excluding hydrogens is 196 g/mol. The number of hydrogen-bond acceptors (Lipinski definition) is 2. The Morgan fingerprint density at radius 3 is 2.50 bits per heavy atom. The van der Waals surface area contributed by atoms with E-state index in [2.05, 4.69) is 6.92 Å². The van der Waals surface area contributed by atoms with E-state index in [1.165, 1.54) is 0 Å². The standard InChI is InChI=1S/C11H14O2S/c1-11(7-13-8-11)9-14(12)10-5-3-2-4-6-10/h2-6H,7-9H2,1H3. The van der Waals surface area contributed by atoms with E-state index in [4.69, 9.17) is 4.74 Å². The molecule has 0 saturated carbocycles. The molecule has 1 atom stereocenters. The SMILES string of the molecule is CC1(C[S+]([O-])c2ccccc2)COC1. The second-order valence-electron chi connectivity index (χ2n) is 4.11. The minimum absolute atomic E-state index is 0.126. The lowest BCUT2D eigenvalue weighted by Gasteiger charge is -2.37. The zero-order chi connectivity index (χ0) is 10.0. The monoisotopic (exact) mass is 210 g/mol. The fourth-order valence-electron chi connectivity index (χ4n) is 1.51. The molecule has 3 heteroatoms. The van der Waals surface area contributed by atoms with Gasteiger partial charge in [0.25, 0.3) is 0 Å². The van der Waals surface area contributed by atoms with Crippen molar-refractivity contribution in [2.24, 2.45) is 5.41 Å². The van der Waals surface area contributed by atoms with Crippen LogP contribution in [0.2, 0.25) is 0 Å². The minimum atomic E-state index is -0.881. The van der Waals surface area contributed by atoms with E-state index in [1.54, 1.807) is 0 Å². The van der Waals surface area contributed by atoms with Crippen molar-refractivity contribution in [3.8, 4) is 0 Å². The first kappa shape index (κ1) is 10.0. The molecule has 1 unspecified atom stereocenters. The molecule has 0 radical (unpaired) electrons. The molecule has 1 aromatic carbocycles. The van der Waals surface area contributed by atoms with Gasteiger partial charge in [0.15, 0.2) is 4.90 Å². The van der Waals surface area contributed by atoms with E-state index in [9.17, 15) is 4.55 Å². The molecule has 0 N–H and O–H groups in total. The van der Waals surface area contributed by atoms with Gasteiger partial charge in [-0.05, 0) is 23.3 Å². The summed E-state index contributed by atoms with van der Waals surface area (Å²) in [6.07, 6.45) is 0. The minimum Gasteiger partial charge on any atom is -0.611 e. The van der Waals surface area contributed by atoms with Gasteiger partial charge in [0.05, 0.1) is 18.6 Å². The highest BCUT2D eigenvalue weighted by molar-refractivity contribution is 7.91. The zero-order valence-electron chi connectivity index (χ0n) is 8.23. The van der Waals surface area contributed by atoms with E-state index in [1.807, 2.05) is 30.3 Å². The summed E-state index contributed by atoms with van der Waals surface area (Å²) in [7, 11) is 0. The van der Waals surface area contributed by atoms with Crippen molar-refractivity contribution in [2.45, 2.75) is 11.8 Å². The summed E-state index contributed by atoms with van der Waals surface area (Å²) in [6, 6.07) is 9.62. The predicted octanol–water partition coefficient (Wildman–Crippen LogP) is 1.83. The van der Waals surface area contributed by atoms with Crippen LogP contribution in [0, 0.1) is 5.41 Å². The Labute approximate surface area is 87.5 Å². The fraction of sp³-hybridized carbons (Fsp3) is 0.455. The molecule has 1 saturated heterocycles. The van der Waals surface area contributed by atoms with Gasteiger partial charge in [0.2, 0.25) is 0 Å². The van der Waals surface area contributed by atoms with Crippen molar-refractivity contribution in [3.05, 3.63) is 30.3 Å². The molecule has 1 fully saturated rings. The first-order chi connectivity index (χ1) is 6.70. The van der Waals surface area contributed by atoms with Gasteiger partial charge in [0, 0.05) is 0 Å². The van der Waals surface area contributed by atoms with Crippen LogP contribution in [0.15, 0.2) is 35.2 Å². The molecule has 76 valence electrons. The summed E-state index contributed by atoms with van der Waals surface area (Å²) in [5.41, 5.74) is 0.126. The third kappa shape index (κ3) is 2.11. The highest BCUT2D eigenvalue weighted by atomic mass is 32.2. The largest absolute Gasteiger partial charge is 0.611 e. The molecule has 0 aliphatic carbocycles. The maximum absolute atomic E-state index is 11.9. The van der Waals surface area contributed by atoms with Crippen molar-refractivity contribution < 1.29 is 9.29 Å². The van der Waals surface area contributed by atoms with Crippen molar-refractivity contribution >= 4 is 11.2 Å². The molecule has 14 heavy (non-hydrogen) atoms. The Bertz CT molecular complexity index is 295. The number of ether oxygens (including phenoxy) is 1. The fourth-order valence-corrected chi connectivity index (χ4v) is 2.93. The summed E-state index contributed by atoms with van der Waals surface area (Å²) in [5, 5.41) is 0. The summed E-state index contributed by atoms with van der Waals surface area (Å²) < 4.78 is 17.0. The lowest BCUT2D eigenvalue weighted by Crippen LogP contribution is -2.45. The van der Waals surface area contributed by atoms with Crippen LogP contribution >= 0.6 is 0 Å². The Kier molecular flexibility index (Phi) is 2.81. The van der Waals surface area contributed by atoms with E-state index in [0.717, 1.165) is 18.1 Å².